The van der Waals surface area contributed by atoms with Crippen LogP contribution >= 0.6 is 0 Å². The third kappa shape index (κ3) is 5.55. The first kappa shape index (κ1) is 20.0. The molecular formula is C16H24N2O6. The summed E-state index contributed by atoms with van der Waals surface area (Å²) >= 11 is 0. The van der Waals surface area contributed by atoms with Crippen LogP contribution in [-0.4, -0.2) is 46.3 Å². The molecule has 8 nitrogen and oxygen atoms in total. The lowest BCUT2D eigenvalue weighted by Crippen LogP contribution is -2.42. The molecule has 0 bridgehead atoms. The highest BCUT2D eigenvalue weighted by molar-refractivity contribution is 5.92. The first-order valence-corrected chi connectivity index (χ1v) is 7.59. The van der Waals surface area contributed by atoms with Crippen molar-refractivity contribution in [2.45, 2.75) is 45.7 Å². The summed E-state index contributed by atoms with van der Waals surface area (Å²) in [7, 11) is 1.49. The van der Waals surface area contributed by atoms with E-state index in [4.69, 9.17) is 9.57 Å². The molecule has 3 atom stereocenters. The molecule has 134 valence electrons. The molecule has 0 amide bonds. The predicted molar refractivity (Wildman–Crippen MR) is 88.6 cm³/mol. The number of hydrogen-bond donors (Lipinski definition) is 2. The fourth-order valence-corrected chi connectivity index (χ4v) is 2.15. The number of benzene rings is 1. The maximum Gasteiger partial charge on any atom is 0.269 e. The Morgan fingerprint density at radius 1 is 1.25 bits per heavy atom. The maximum absolute atomic E-state index is 10.6. The van der Waals surface area contributed by atoms with Gasteiger partial charge >= 0.3 is 0 Å². The predicted octanol–water partition coefficient (Wildman–Crippen LogP) is 1.88. The van der Waals surface area contributed by atoms with Gasteiger partial charge in [-0.3, -0.25) is 10.1 Å². The minimum Gasteiger partial charge on any atom is -0.391 e. The average molecular weight is 340 g/mol. The number of ether oxygens (including phenoxy) is 1. The van der Waals surface area contributed by atoms with E-state index in [2.05, 4.69) is 5.16 Å². The number of methoxy groups -OCH3 is 1. The molecule has 0 heterocycles. The lowest BCUT2D eigenvalue weighted by Gasteiger charge is -2.25. The van der Waals surface area contributed by atoms with Crippen molar-refractivity contribution in [2.24, 2.45) is 11.1 Å². The maximum atomic E-state index is 10.6. The fourth-order valence-electron chi connectivity index (χ4n) is 2.15. The molecule has 1 aromatic carbocycles. The summed E-state index contributed by atoms with van der Waals surface area (Å²) in [5.41, 5.74) is 0.880. The summed E-state index contributed by atoms with van der Waals surface area (Å²) in [5.74, 6) is 0.0186. The molecule has 0 saturated carbocycles. The number of aliphatic hydroxyl groups excluding tert-OH is 2. The molecule has 0 aliphatic heterocycles. The van der Waals surface area contributed by atoms with Crippen LogP contribution in [0.4, 0.5) is 5.69 Å². The van der Waals surface area contributed by atoms with Crippen LogP contribution in [0.3, 0.4) is 0 Å². The molecule has 1 aromatic rings. The summed E-state index contributed by atoms with van der Waals surface area (Å²) < 4.78 is 5.33. The van der Waals surface area contributed by atoms with Crippen molar-refractivity contribution in [3.05, 3.63) is 39.9 Å². The molecule has 0 fully saturated rings. The number of nitro groups is 1. The zero-order valence-electron chi connectivity index (χ0n) is 14.2. The number of oxime groups is 1. The normalized spacial score (nSPS) is 15.9. The Balaban J connectivity index is 2.85. The van der Waals surface area contributed by atoms with Crippen LogP contribution in [0.25, 0.3) is 0 Å². The highest BCUT2D eigenvalue weighted by atomic mass is 16.6. The van der Waals surface area contributed by atoms with Gasteiger partial charge in [-0.05, 0) is 30.5 Å². The van der Waals surface area contributed by atoms with Gasteiger partial charge < -0.3 is 19.8 Å². The van der Waals surface area contributed by atoms with E-state index in [1.165, 1.54) is 26.2 Å². The molecule has 0 aromatic heterocycles. The second-order valence-corrected chi connectivity index (χ2v) is 5.80. The summed E-state index contributed by atoms with van der Waals surface area (Å²) in [6.45, 7) is 5.32. The molecule has 2 N–H and O–H groups in total. The topological polar surface area (TPSA) is 114 Å². The number of nitro benzene ring substituents is 1. The highest BCUT2D eigenvalue weighted by Crippen LogP contribution is 2.15. The van der Waals surface area contributed by atoms with Gasteiger partial charge in [0.05, 0.1) is 11.0 Å². The van der Waals surface area contributed by atoms with Crippen LogP contribution in [0, 0.1) is 16.0 Å². The van der Waals surface area contributed by atoms with Crippen LogP contribution in [0.5, 0.6) is 0 Å². The quantitative estimate of drug-likeness (QED) is 0.403. The molecule has 0 radical (unpaired) electrons. The zero-order valence-corrected chi connectivity index (χ0v) is 14.2. The third-order valence-corrected chi connectivity index (χ3v) is 3.46. The number of hydrogen-bond acceptors (Lipinski definition) is 7. The fraction of sp³-hybridized carbons (Fsp3) is 0.562. The van der Waals surface area contributed by atoms with E-state index in [-0.39, 0.29) is 23.9 Å². The molecule has 0 spiro atoms. The number of rotatable bonds is 9. The van der Waals surface area contributed by atoms with Gasteiger partial charge in [0.2, 0.25) is 0 Å². The van der Waals surface area contributed by atoms with Crippen molar-refractivity contribution >= 4 is 11.4 Å². The van der Waals surface area contributed by atoms with Crippen molar-refractivity contribution in [3.8, 4) is 0 Å². The largest absolute Gasteiger partial charge is 0.391 e. The second kappa shape index (κ2) is 9.31. The average Bonchev–Trinajstić information content (AvgIpc) is 2.53. The van der Waals surface area contributed by atoms with Gasteiger partial charge in [-0.25, -0.2) is 0 Å². The molecule has 24 heavy (non-hydrogen) atoms. The number of nitrogens with zero attached hydrogens (tertiary/aromatic N) is 2. The van der Waals surface area contributed by atoms with E-state index in [1.54, 1.807) is 12.1 Å². The first-order valence-electron chi connectivity index (χ1n) is 7.59. The van der Waals surface area contributed by atoms with Crippen LogP contribution in [0.15, 0.2) is 29.4 Å². The van der Waals surface area contributed by atoms with Crippen LogP contribution in [0.2, 0.25) is 0 Å². The minimum atomic E-state index is -1.21. The van der Waals surface area contributed by atoms with Crippen molar-refractivity contribution in [1.82, 2.24) is 0 Å². The standard InChI is InChI=1S/C16H24N2O6/c1-10(2)16(23-4)14(15(20)11(3)19)17-24-9-12-5-7-13(8-6-12)18(21)22/h5-8,10-11,15-16,19-20H,9H2,1-4H3/b17-14+/t11-,15+,16+/m1/s1. The van der Waals surface area contributed by atoms with Gasteiger partial charge in [0.25, 0.3) is 5.69 Å². The van der Waals surface area contributed by atoms with E-state index in [1.807, 2.05) is 13.8 Å². The van der Waals surface area contributed by atoms with Gasteiger partial charge in [-0.2, -0.15) is 0 Å². The zero-order chi connectivity index (χ0) is 18.3. The highest BCUT2D eigenvalue weighted by Gasteiger charge is 2.29. The Hall–Kier alpha value is -2.03. The molecule has 0 aliphatic carbocycles. The first-order chi connectivity index (χ1) is 11.3. The second-order valence-electron chi connectivity index (χ2n) is 5.80. The summed E-state index contributed by atoms with van der Waals surface area (Å²) in [6, 6.07) is 5.88. The Morgan fingerprint density at radius 3 is 2.25 bits per heavy atom. The molecule has 0 saturated heterocycles. The van der Waals surface area contributed by atoms with Crippen molar-refractivity contribution in [3.63, 3.8) is 0 Å². The Bertz CT molecular complexity index is 556. The molecular weight excluding hydrogens is 316 g/mol. The minimum absolute atomic E-state index is 0.00766. The Labute approximate surface area is 140 Å². The molecule has 1 rings (SSSR count). The van der Waals surface area contributed by atoms with E-state index >= 15 is 0 Å². The van der Waals surface area contributed by atoms with Gasteiger partial charge in [0, 0.05) is 19.2 Å². The lowest BCUT2D eigenvalue weighted by atomic mass is 9.96. The van der Waals surface area contributed by atoms with Gasteiger partial charge in [-0.1, -0.05) is 19.0 Å². The van der Waals surface area contributed by atoms with E-state index in [0.717, 1.165) is 0 Å². The van der Waals surface area contributed by atoms with Crippen LogP contribution in [-0.2, 0) is 16.2 Å². The van der Waals surface area contributed by atoms with E-state index < -0.39 is 23.2 Å². The SMILES string of the molecule is CO[C@H](/C(=N/OCc1ccc([N+](=O)[O-])cc1)[C@@H](O)[C@@H](C)O)C(C)C. The van der Waals surface area contributed by atoms with Crippen molar-refractivity contribution < 1.29 is 24.7 Å². The Morgan fingerprint density at radius 2 is 1.83 bits per heavy atom. The number of aliphatic hydroxyl groups is 2. The smallest absolute Gasteiger partial charge is 0.269 e. The summed E-state index contributed by atoms with van der Waals surface area (Å²) in [5, 5.41) is 34.3. The van der Waals surface area contributed by atoms with Gasteiger partial charge in [0.1, 0.15) is 24.5 Å². The lowest BCUT2D eigenvalue weighted by molar-refractivity contribution is -0.384. The molecule has 8 heteroatoms. The summed E-state index contributed by atoms with van der Waals surface area (Å²) in [6.07, 6.45) is -2.75. The van der Waals surface area contributed by atoms with E-state index in [9.17, 15) is 20.3 Å². The third-order valence-electron chi connectivity index (χ3n) is 3.46. The van der Waals surface area contributed by atoms with Crippen molar-refractivity contribution in [1.29, 1.82) is 0 Å². The van der Waals surface area contributed by atoms with Gasteiger partial charge in [-0.15, -0.1) is 0 Å². The van der Waals surface area contributed by atoms with Gasteiger partial charge in [0.15, 0.2) is 0 Å². The van der Waals surface area contributed by atoms with Crippen LogP contribution < -0.4 is 0 Å². The molecule has 0 unspecified atom stereocenters. The Kier molecular flexibility index (Phi) is 7.76. The van der Waals surface area contributed by atoms with Crippen molar-refractivity contribution in [2.75, 3.05) is 7.11 Å². The van der Waals surface area contributed by atoms with E-state index in [0.29, 0.717) is 5.56 Å². The summed E-state index contributed by atoms with van der Waals surface area (Å²) in [4.78, 5) is 15.4. The molecule has 0 aliphatic rings. The van der Waals surface area contributed by atoms with Crippen LogP contribution in [0.1, 0.15) is 26.3 Å². The number of non-ortho nitro benzene ring substituents is 1. The monoisotopic (exact) mass is 340 g/mol.